The number of nitro benzene ring substituents is 2. The van der Waals surface area contributed by atoms with Gasteiger partial charge in [-0.25, -0.2) is 9.80 Å². The molecule has 0 aromatic heterocycles. The summed E-state index contributed by atoms with van der Waals surface area (Å²) < 4.78 is 5.90. The van der Waals surface area contributed by atoms with E-state index >= 15 is 0 Å². The van der Waals surface area contributed by atoms with Gasteiger partial charge in [0.25, 0.3) is 11.4 Å². The Labute approximate surface area is 280 Å². The number of halogens is 1. The van der Waals surface area contributed by atoms with E-state index in [4.69, 9.17) is 4.74 Å². The number of benzene rings is 3. The molecule has 4 aliphatic rings. The number of nitrogens with zero attached hydrogens (tertiary/aromatic N) is 4. The maximum absolute atomic E-state index is 14.3. The predicted octanol–water partition coefficient (Wildman–Crippen LogP) is 5.02. The molecule has 0 bridgehead atoms. The first kappa shape index (κ1) is 31.2. The highest BCUT2D eigenvalue weighted by Gasteiger charge is 2.62. The van der Waals surface area contributed by atoms with Crippen LogP contribution in [0, 0.1) is 49.8 Å². The number of hydrogen-bond donors (Lipinski definition) is 1. The molecular weight excluding hydrogens is 692 g/mol. The number of carbonyl (C=O) groups excluding carboxylic acids is 4. The predicted molar refractivity (Wildman–Crippen MR) is 171 cm³/mol. The molecule has 4 amide bonds. The minimum absolute atomic E-state index is 0.0118. The minimum atomic E-state index is -1.05. The van der Waals surface area contributed by atoms with Crippen LogP contribution < -0.4 is 14.5 Å². The molecule has 1 N–H and O–H groups in total. The number of phenols is 1. The van der Waals surface area contributed by atoms with Crippen LogP contribution in [-0.2, 0) is 19.2 Å². The second kappa shape index (κ2) is 11.4. The zero-order valence-electron chi connectivity index (χ0n) is 25.0. The second-order valence-corrected chi connectivity index (χ2v) is 13.1. The average molecular weight is 717 g/mol. The van der Waals surface area contributed by atoms with Crippen molar-refractivity contribution < 1.29 is 38.9 Å². The van der Waals surface area contributed by atoms with E-state index in [0.29, 0.717) is 10.0 Å². The lowest BCUT2D eigenvalue weighted by atomic mass is 9.57. The standard InChI is InChI=1S/C33H25BrN4O10/c1-48-25-11-15(34)10-23(29(25)39)26-20-8-9-21-27(32(42)35(30(21)40)16-4-2-6-18(12-16)37(44)45)22(20)14-24-28(26)33(43)36(31(24)41)17-5-3-7-19(13-17)38(46)47/h2-8,10-13,21-22,24,26-28,39H,9,14H2,1H3. The van der Waals surface area contributed by atoms with E-state index in [9.17, 15) is 44.5 Å². The van der Waals surface area contributed by atoms with Crippen LogP contribution in [0.5, 0.6) is 11.5 Å². The van der Waals surface area contributed by atoms with Crippen molar-refractivity contribution in [3.63, 3.8) is 0 Å². The second-order valence-electron chi connectivity index (χ2n) is 12.1. The molecule has 14 nitrogen and oxygen atoms in total. The maximum atomic E-state index is 14.3. The molecule has 2 aliphatic carbocycles. The van der Waals surface area contributed by atoms with Crippen molar-refractivity contribution >= 4 is 62.3 Å². The lowest BCUT2D eigenvalue weighted by Crippen LogP contribution is -2.43. The van der Waals surface area contributed by atoms with Crippen LogP contribution in [0.25, 0.3) is 0 Å². The van der Waals surface area contributed by atoms with Crippen molar-refractivity contribution in [3.05, 3.63) is 103 Å². The first-order valence-corrected chi connectivity index (χ1v) is 15.7. The molecule has 6 unspecified atom stereocenters. The average Bonchev–Trinajstić information content (AvgIpc) is 3.48. The number of hydrogen-bond acceptors (Lipinski definition) is 10. The molecule has 7 rings (SSSR count). The summed E-state index contributed by atoms with van der Waals surface area (Å²) in [6.07, 6.45) is 1.91. The fraction of sp³-hybridized carbons (Fsp3) is 0.273. The number of rotatable bonds is 6. The van der Waals surface area contributed by atoms with Crippen LogP contribution in [0.15, 0.2) is 76.8 Å². The molecule has 2 saturated heterocycles. The molecule has 0 spiro atoms. The molecule has 244 valence electrons. The van der Waals surface area contributed by atoms with Crippen LogP contribution in [-0.4, -0.2) is 45.7 Å². The van der Waals surface area contributed by atoms with E-state index in [0.717, 1.165) is 21.9 Å². The number of non-ortho nitro benzene ring substituents is 2. The normalized spacial score (nSPS) is 26.2. The summed E-state index contributed by atoms with van der Waals surface area (Å²) in [6.45, 7) is 0. The van der Waals surface area contributed by atoms with Gasteiger partial charge in [-0.1, -0.05) is 39.7 Å². The third-order valence-electron chi connectivity index (χ3n) is 9.87. The molecule has 0 radical (unpaired) electrons. The van der Waals surface area contributed by atoms with E-state index in [1.165, 1.54) is 49.6 Å². The summed E-state index contributed by atoms with van der Waals surface area (Å²) in [4.78, 5) is 80.0. The lowest BCUT2D eigenvalue weighted by molar-refractivity contribution is -0.385. The van der Waals surface area contributed by atoms with Gasteiger partial charge in [0.15, 0.2) is 11.5 Å². The molecule has 3 aromatic rings. The van der Waals surface area contributed by atoms with Gasteiger partial charge in [0.1, 0.15) is 0 Å². The Hall–Kier alpha value is -5.44. The third kappa shape index (κ3) is 4.59. The highest BCUT2D eigenvalue weighted by molar-refractivity contribution is 9.10. The molecule has 3 fully saturated rings. The number of nitro groups is 2. The van der Waals surface area contributed by atoms with Crippen LogP contribution in [0.3, 0.4) is 0 Å². The summed E-state index contributed by atoms with van der Waals surface area (Å²) in [6, 6.07) is 13.6. The number of imide groups is 2. The molecule has 2 heterocycles. The number of methoxy groups -OCH3 is 1. The molecule has 6 atom stereocenters. The fourth-order valence-electron chi connectivity index (χ4n) is 7.92. The van der Waals surface area contributed by atoms with Crippen LogP contribution in [0.1, 0.15) is 24.3 Å². The Balaban J connectivity index is 1.36. The van der Waals surface area contributed by atoms with E-state index in [1.807, 2.05) is 0 Å². The van der Waals surface area contributed by atoms with E-state index < -0.39 is 69.0 Å². The number of phenolic OH excluding ortho intramolecular Hbond substituents is 1. The fourth-order valence-corrected chi connectivity index (χ4v) is 8.38. The lowest BCUT2D eigenvalue weighted by Gasteiger charge is -2.44. The van der Waals surface area contributed by atoms with E-state index in [-0.39, 0.29) is 52.7 Å². The quantitative estimate of drug-likeness (QED) is 0.157. The summed E-state index contributed by atoms with van der Waals surface area (Å²) in [5, 5.41) is 34.4. The van der Waals surface area contributed by atoms with Crippen molar-refractivity contribution in [1.29, 1.82) is 0 Å². The zero-order valence-corrected chi connectivity index (χ0v) is 26.6. The largest absolute Gasteiger partial charge is 0.504 e. The van der Waals surface area contributed by atoms with Crippen molar-refractivity contribution in [1.82, 2.24) is 0 Å². The van der Waals surface area contributed by atoms with Crippen molar-refractivity contribution in [2.45, 2.75) is 18.8 Å². The van der Waals surface area contributed by atoms with Crippen LogP contribution in [0.4, 0.5) is 22.7 Å². The number of aromatic hydroxyl groups is 1. The number of allylic oxidation sites excluding steroid dienone is 2. The molecule has 3 aromatic carbocycles. The van der Waals surface area contributed by atoms with Gasteiger partial charge in [0.05, 0.1) is 52.0 Å². The minimum Gasteiger partial charge on any atom is -0.504 e. The van der Waals surface area contributed by atoms with E-state index in [2.05, 4.69) is 15.9 Å². The Morgan fingerprint density at radius 3 is 1.92 bits per heavy atom. The molecular formula is C33H25BrN4O10. The maximum Gasteiger partial charge on any atom is 0.271 e. The van der Waals surface area contributed by atoms with E-state index in [1.54, 1.807) is 12.1 Å². The summed E-state index contributed by atoms with van der Waals surface area (Å²) >= 11 is 3.43. The van der Waals surface area contributed by atoms with Gasteiger partial charge in [-0.2, -0.15) is 0 Å². The Bertz CT molecular complexity index is 2010. The highest BCUT2D eigenvalue weighted by Crippen LogP contribution is 2.60. The highest BCUT2D eigenvalue weighted by atomic mass is 79.9. The number of anilines is 2. The SMILES string of the molecule is COc1cc(Br)cc(C2C3=CCC4C(=O)N(c5cccc([N+](=O)[O-])c5)C(=O)C4C3CC3C(=O)N(c4cccc([N+](=O)[O-])c4)C(=O)C32)c1O. The third-order valence-corrected chi connectivity index (χ3v) is 10.3. The van der Waals surface area contributed by atoms with Crippen molar-refractivity contribution in [2.75, 3.05) is 16.9 Å². The summed E-state index contributed by atoms with van der Waals surface area (Å²) in [5.41, 5.74) is 0.320. The number of ether oxygens (including phenoxy) is 1. The van der Waals surface area contributed by atoms with Crippen LogP contribution >= 0.6 is 15.9 Å². The zero-order chi connectivity index (χ0) is 34.2. The van der Waals surface area contributed by atoms with Gasteiger partial charge in [-0.15, -0.1) is 0 Å². The first-order chi connectivity index (χ1) is 22.9. The molecule has 15 heteroatoms. The molecule has 1 saturated carbocycles. The van der Waals surface area contributed by atoms with Crippen LogP contribution in [0.2, 0.25) is 0 Å². The number of fused-ring (bicyclic) bond motifs is 4. The molecule has 2 aliphatic heterocycles. The Morgan fingerprint density at radius 2 is 1.35 bits per heavy atom. The van der Waals surface area contributed by atoms with Gasteiger partial charge in [-0.3, -0.25) is 39.4 Å². The smallest absolute Gasteiger partial charge is 0.271 e. The first-order valence-electron chi connectivity index (χ1n) is 14.9. The van der Waals surface area contributed by atoms with Crippen molar-refractivity contribution in [3.8, 4) is 11.5 Å². The van der Waals surface area contributed by atoms with Gasteiger partial charge in [-0.05, 0) is 43.0 Å². The van der Waals surface area contributed by atoms with Gasteiger partial charge in [0, 0.05) is 40.2 Å². The van der Waals surface area contributed by atoms with Gasteiger partial charge in [0.2, 0.25) is 23.6 Å². The van der Waals surface area contributed by atoms with Gasteiger partial charge < -0.3 is 9.84 Å². The van der Waals surface area contributed by atoms with Crippen molar-refractivity contribution in [2.24, 2.45) is 29.6 Å². The summed E-state index contributed by atoms with van der Waals surface area (Å²) in [7, 11) is 1.36. The Kier molecular flexibility index (Phi) is 7.38. The van der Waals surface area contributed by atoms with Gasteiger partial charge >= 0.3 is 0 Å². The monoisotopic (exact) mass is 716 g/mol. The molecule has 48 heavy (non-hydrogen) atoms. The number of amides is 4. The number of carbonyl (C=O) groups is 4. The topological polar surface area (TPSA) is 190 Å². The summed E-state index contributed by atoms with van der Waals surface area (Å²) in [5.74, 6) is -8.02. The Morgan fingerprint density at radius 1 is 0.792 bits per heavy atom.